The molecule has 0 aromatic heterocycles. The largest absolute Gasteiger partial charge is 0.207 e. The van der Waals surface area contributed by atoms with Gasteiger partial charge in [0.1, 0.15) is 11.6 Å². The van der Waals surface area contributed by atoms with E-state index in [0.29, 0.717) is 22.3 Å². The molecule has 1 unspecified atom stereocenters. The molecule has 1 nitrogen and oxygen atoms in total. The molecule has 3 rings (SSSR count). The Morgan fingerprint density at radius 2 is 1.80 bits per heavy atom. The van der Waals surface area contributed by atoms with E-state index in [2.05, 4.69) is 6.07 Å². The predicted molar refractivity (Wildman–Crippen MR) is 73.2 cm³/mol. The number of fused-ring (bicyclic) bond motifs is 1. The number of hydrogen-bond acceptors (Lipinski definition) is 1. The van der Waals surface area contributed by atoms with E-state index in [1.54, 1.807) is 31.2 Å². The molecule has 0 spiro atoms. The first-order valence-corrected chi connectivity index (χ1v) is 6.29. The minimum Gasteiger partial charge on any atom is -0.207 e. The van der Waals surface area contributed by atoms with Gasteiger partial charge in [-0.3, -0.25) is 0 Å². The molecule has 1 atom stereocenters. The number of rotatable bonds is 1. The maximum Gasteiger partial charge on any atom is 0.128 e. The number of benzene rings is 2. The fraction of sp³-hybridized carbons (Fsp3) is 0.118. The molecule has 0 heterocycles. The van der Waals surface area contributed by atoms with Crippen LogP contribution in [0.1, 0.15) is 33.7 Å². The van der Waals surface area contributed by atoms with Gasteiger partial charge in [-0.2, -0.15) is 5.26 Å². The van der Waals surface area contributed by atoms with Crippen LogP contribution in [-0.4, -0.2) is 0 Å². The average molecular weight is 267 g/mol. The Morgan fingerprint density at radius 1 is 1.05 bits per heavy atom. The summed E-state index contributed by atoms with van der Waals surface area (Å²) in [6.07, 6.45) is 1.45. The van der Waals surface area contributed by atoms with Gasteiger partial charge in [0, 0.05) is 11.5 Å². The molecule has 1 aliphatic rings. The van der Waals surface area contributed by atoms with E-state index in [-0.39, 0.29) is 5.92 Å². The van der Waals surface area contributed by atoms with Gasteiger partial charge >= 0.3 is 0 Å². The third-order valence-corrected chi connectivity index (χ3v) is 3.73. The zero-order valence-electron chi connectivity index (χ0n) is 10.8. The Morgan fingerprint density at radius 3 is 2.55 bits per heavy atom. The van der Waals surface area contributed by atoms with Crippen LogP contribution in [-0.2, 0) is 0 Å². The van der Waals surface area contributed by atoms with Crippen LogP contribution in [0.5, 0.6) is 0 Å². The first-order chi connectivity index (χ1) is 9.63. The average Bonchev–Trinajstić information content (AvgIpc) is 2.80. The van der Waals surface area contributed by atoms with Crippen molar-refractivity contribution in [2.75, 3.05) is 0 Å². The highest BCUT2D eigenvalue weighted by Gasteiger charge is 2.28. The van der Waals surface area contributed by atoms with Gasteiger partial charge in [-0.15, -0.1) is 0 Å². The summed E-state index contributed by atoms with van der Waals surface area (Å²) >= 11 is 0. The third-order valence-electron chi connectivity index (χ3n) is 3.73. The quantitative estimate of drug-likeness (QED) is 0.748. The Bertz CT molecular complexity index is 769. The summed E-state index contributed by atoms with van der Waals surface area (Å²) in [5, 5.41) is 9.17. The van der Waals surface area contributed by atoms with Crippen molar-refractivity contribution in [3.63, 3.8) is 0 Å². The van der Waals surface area contributed by atoms with E-state index in [1.165, 1.54) is 12.1 Å². The van der Waals surface area contributed by atoms with Gasteiger partial charge in [-0.05, 0) is 41.8 Å². The van der Waals surface area contributed by atoms with E-state index < -0.39 is 11.6 Å². The van der Waals surface area contributed by atoms with Crippen LogP contribution >= 0.6 is 0 Å². The summed E-state index contributed by atoms with van der Waals surface area (Å²) in [6, 6.07) is 12.2. The van der Waals surface area contributed by atoms with Crippen LogP contribution in [0.3, 0.4) is 0 Å². The molecular weight excluding hydrogens is 256 g/mol. The fourth-order valence-electron chi connectivity index (χ4n) is 2.73. The van der Waals surface area contributed by atoms with E-state index in [9.17, 15) is 8.78 Å². The lowest BCUT2D eigenvalue weighted by Crippen LogP contribution is -2.00. The highest BCUT2D eigenvalue weighted by atomic mass is 19.1. The molecule has 2 aromatic carbocycles. The highest BCUT2D eigenvalue weighted by Crippen LogP contribution is 2.43. The molecule has 0 N–H and O–H groups in total. The smallest absolute Gasteiger partial charge is 0.128 e. The zero-order chi connectivity index (χ0) is 14.3. The van der Waals surface area contributed by atoms with Gasteiger partial charge in [0.25, 0.3) is 0 Å². The number of allylic oxidation sites excluding steroid dienone is 1. The van der Waals surface area contributed by atoms with Crippen molar-refractivity contribution in [2.45, 2.75) is 12.8 Å². The molecule has 0 radical (unpaired) electrons. The van der Waals surface area contributed by atoms with Crippen LogP contribution in [0.25, 0.3) is 5.83 Å². The van der Waals surface area contributed by atoms with Gasteiger partial charge in [0.15, 0.2) is 0 Å². The molecule has 0 bridgehead atoms. The first-order valence-electron chi connectivity index (χ1n) is 6.29. The fourth-order valence-corrected chi connectivity index (χ4v) is 2.73. The first kappa shape index (κ1) is 12.6. The van der Waals surface area contributed by atoms with Crippen LogP contribution in [0.4, 0.5) is 8.78 Å². The number of nitrogens with zero attached hydrogens (tertiary/aromatic N) is 1. The Labute approximate surface area is 115 Å². The van der Waals surface area contributed by atoms with E-state index in [4.69, 9.17) is 5.26 Å². The molecule has 2 aromatic rings. The lowest BCUT2D eigenvalue weighted by atomic mass is 9.89. The van der Waals surface area contributed by atoms with Crippen LogP contribution in [0.2, 0.25) is 0 Å². The SMILES string of the molecule is Cc1c(F)ccc2c1C(F)=CC2c1ccccc1C#N. The topological polar surface area (TPSA) is 23.8 Å². The van der Waals surface area contributed by atoms with Gasteiger partial charge in [0.05, 0.1) is 11.6 Å². The maximum absolute atomic E-state index is 14.1. The minimum atomic E-state index is -0.422. The van der Waals surface area contributed by atoms with Crippen molar-refractivity contribution in [3.05, 3.63) is 76.1 Å². The molecule has 0 amide bonds. The van der Waals surface area contributed by atoms with E-state index >= 15 is 0 Å². The predicted octanol–water partition coefficient (Wildman–Crippen LogP) is 4.46. The van der Waals surface area contributed by atoms with Crippen molar-refractivity contribution in [1.82, 2.24) is 0 Å². The summed E-state index contributed by atoms with van der Waals surface area (Å²) in [5.41, 5.74) is 2.60. The molecule has 0 fully saturated rings. The van der Waals surface area contributed by atoms with Gasteiger partial charge < -0.3 is 0 Å². The lowest BCUT2D eigenvalue weighted by Gasteiger charge is -2.13. The van der Waals surface area contributed by atoms with Gasteiger partial charge in [0.2, 0.25) is 0 Å². The number of nitriles is 1. The summed E-state index contributed by atoms with van der Waals surface area (Å²) in [5.74, 6) is -1.17. The highest BCUT2D eigenvalue weighted by molar-refractivity contribution is 5.75. The molecule has 3 heteroatoms. The van der Waals surface area contributed by atoms with E-state index in [0.717, 1.165) is 5.56 Å². The summed E-state index contributed by atoms with van der Waals surface area (Å²) in [7, 11) is 0. The normalized spacial score (nSPS) is 16.5. The van der Waals surface area contributed by atoms with Crippen molar-refractivity contribution >= 4 is 5.83 Å². The number of hydrogen-bond donors (Lipinski definition) is 0. The second-order valence-electron chi connectivity index (χ2n) is 4.83. The molecule has 20 heavy (non-hydrogen) atoms. The lowest BCUT2D eigenvalue weighted by molar-refractivity contribution is 0.615. The molecule has 0 aliphatic heterocycles. The van der Waals surface area contributed by atoms with Crippen LogP contribution < -0.4 is 0 Å². The monoisotopic (exact) mass is 267 g/mol. The van der Waals surface area contributed by atoms with Crippen LogP contribution in [0.15, 0.2) is 42.5 Å². The van der Waals surface area contributed by atoms with Crippen molar-refractivity contribution in [1.29, 1.82) is 5.26 Å². The summed E-state index contributed by atoms with van der Waals surface area (Å²) in [6.45, 7) is 1.57. The van der Waals surface area contributed by atoms with E-state index in [1.807, 2.05) is 6.07 Å². The molecular formula is C17H11F2N. The standard InChI is InChI=1S/C17H11F2N/c1-10-15(18)7-6-13-14(8-16(19)17(10)13)12-5-3-2-4-11(12)9-20/h2-8,14H,1H3. The minimum absolute atomic E-state index is 0.313. The van der Waals surface area contributed by atoms with Gasteiger partial charge in [-0.25, -0.2) is 8.78 Å². The molecule has 0 saturated carbocycles. The molecule has 0 saturated heterocycles. The summed E-state index contributed by atoms with van der Waals surface area (Å²) in [4.78, 5) is 0. The maximum atomic E-state index is 14.1. The van der Waals surface area contributed by atoms with Crippen molar-refractivity contribution in [2.24, 2.45) is 0 Å². The molecule has 98 valence electrons. The Hall–Kier alpha value is -2.47. The van der Waals surface area contributed by atoms with Gasteiger partial charge in [-0.1, -0.05) is 24.3 Å². The second kappa shape index (κ2) is 4.57. The molecule has 1 aliphatic carbocycles. The Kier molecular flexibility index (Phi) is 2.87. The van der Waals surface area contributed by atoms with Crippen LogP contribution in [0, 0.1) is 24.1 Å². The zero-order valence-corrected chi connectivity index (χ0v) is 10.8. The van der Waals surface area contributed by atoms with Crippen molar-refractivity contribution in [3.8, 4) is 6.07 Å². The third kappa shape index (κ3) is 1.73. The second-order valence-corrected chi connectivity index (χ2v) is 4.83. The Balaban J connectivity index is 2.22. The summed E-state index contributed by atoms with van der Waals surface area (Å²) < 4.78 is 27.7. The van der Waals surface area contributed by atoms with Crippen molar-refractivity contribution < 1.29 is 8.78 Å². The number of halogens is 2.